The number of benzene rings is 1. The van der Waals surface area contributed by atoms with Crippen LogP contribution in [0.3, 0.4) is 0 Å². The summed E-state index contributed by atoms with van der Waals surface area (Å²) in [5.74, 6) is 0.257. The van der Waals surface area contributed by atoms with Crippen LogP contribution < -0.4 is 10.5 Å². The fourth-order valence-corrected chi connectivity index (χ4v) is 1.24. The first kappa shape index (κ1) is 13.9. The molecule has 2 N–H and O–H groups in total. The van der Waals surface area contributed by atoms with Crippen molar-refractivity contribution in [1.29, 1.82) is 0 Å². The van der Waals surface area contributed by atoms with E-state index in [0.717, 1.165) is 6.42 Å². The lowest BCUT2D eigenvalue weighted by atomic mass is 10.1. The molecule has 17 heavy (non-hydrogen) atoms. The van der Waals surface area contributed by atoms with E-state index < -0.39 is 0 Å². The molecular formula is C13H20FNO2. The van der Waals surface area contributed by atoms with Crippen molar-refractivity contribution in [3.05, 3.63) is 30.1 Å². The first-order chi connectivity index (χ1) is 7.97. The Labute approximate surface area is 102 Å². The van der Waals surface area contributed by atoms with Gasteiger partial charge in [0.2, 0.25) is 0 Å². The Morgan fingerprint density at radius 1 is 1.29 bits per heavy atom. The monoisotopic (exact) mass is 241 g/mol. The van der Waals surface area contributed by atoms with Crippen LogP contribution in [0.2, 0.25) is 0 Å². The van der Waals surface area contributed by atoms with E-state index in [1.807, 2.05) is 13.8 Å². The minimum Gasteiger partial charge on any atom is -0.493 e. The highest BCUT2D eigenvalue weighted by molar-refractivity contribution is 5.22. The predicted octanol–water partition coefficient (Wildman–Crippen LogP) is 2.35. The van der Waals surface area contributed by atoms with Crippen LogP contribution in [0.15, 0.2) is 24.3 Å². The van der Waals surface area contributed by atoms with E-state index in [1.165, 1.54) is 12.1 Å². The zero-order valence-electron chi connectivity index (χ0n) is 10.4. The van der Waals surface area contributed by atoms with Crippen molar-refractivity contribution >= 4 is 0 Å². The van der Waals surface area contributed by atoms with Crippen LogP contribution in [0.25, 0.3) is 0 Å². The highest BCUT2D eigenvalue weighted by Crippen LogP contribution is 2.11. The quantitative estimate of drug-likeness (QED) is 0.745. The topological polar surface area (TPSA) is 44.5 Å². The van der Waals surface area contributed by atoms with E-state index in [0.29, 0.717) is 25.6 Å². The Bertz CT molecular complexity index is 336. The lowest BCUT2D eigenvalue weighted by Crippen LogP contribution is -2.37. The molecule has 3 nitrogen and oxygen atoms in total. The summed E-state index contributed by atoms with van der Waals surface area (Å²) in [7, 11) is 0. The van der Waals surface area contributed by atoms with Gasteiger partial charge in [0.25, 0.3) is 0 Å². The van der Waals surface area contributed by atoms with Gasteiger partial charge < -0.3 is 15.2 Å². The van der Waals surface area contributed by atoms with Crippen molar-refractivity contribution < 1.29 is 13.9 Å². The van der Waals surface area contributed by atoms with E-state index in [-0.39, 0.29) is 11.4 Å². The van der Waals surface area contributed by atoms with Crippen molar-refractivity contribution in [2.24, 2.45) is 5.73 Å². The standard InChI is InChI=1S/C13H20FNO2/c1-13(2,15)10-16-7-4-8-17-12-6-3-5-11(14)9-12/h3,5-6,9H,4,7-8,10,15H2,1-2H3. The molecule has 0 heterocycles. The predicted molar refractivity (Wildman–Crippen MR) is 65.6 cm³/mol. The van der Waals surface area contributed by atoms with Gasteiger partial charge in [-0.15, -0.1) is 0 Å². The molecule has 0 unspecified atom stereocenters. The Morgan fingerprint density at radius 3 is 2.71 bits per heavy atom. The maximum absolute atomic E-state index is 12.8. The SMILES string of the molecule is CC(C)(N)COCCCOc1cccc(F)c1. The number of hydrogen-bond acceptors (Lipinski definition) is 3. The van der Waals surface area contributed by atoms with Crippen molar-refractivity contribution in [3.63, 3.8) is 0 Å². The second-order valence-electron chi connectivity index (χ2n) is 4.70. The highest BCUT2D eigenvalue weighted by Gasteiger charge is 2.09. The van der Waals surface area contributed by atoms with Gasteiger partial charge in [0.1, 0.15) is 11.6 Å². The van der Waals surface area contributed by atoms with Crippen molar-refractivity contribution in [1.82, 2.24) is 0 Å². The molecule has 0 aliphatic rings. The molecule has 1 rings (SSSR count). The molecule has 0 saturated heterocycles. The highest BCUT2D eigenvalue weighted by atomic mass is 19.1. The van der Waals surface area contributed by atoms with E-state index in [2.05, 4.69) is 0 Å². The third-order valence-corrected chi connectivity index (χ3v) is 1.97. The Hall–Kier alpha value is -1.13. The molecule has 0 aliphatic heterocycles. The number of nitrogens with two attached hydrogens (primary N) is 1. The summed E-state index contributed by atoms with van der Waals surface area (Å²) >= 11 is 0. The average molecular weight is 241 g/mol. The minimum absolute atomic E-state index is 0.288. The van der Waals surface area contributed by atoms with Gasteiger partial charge in [0.05, 0.1) is 13.2 Å². The smallest absolute Gasteiger partial charge is 0.126 e. The first-order valence-electron chi connectivity index (χ1n) is 5.72. The Kier molecular flexibility index (Phi) is 5.38. The van der Waals surface area contributed by atoms with Gasteiger partial charge in [0.15, 0.2) is 0 Å². The second kappa shape index (κ2) is 6.57. The van der Waals surface area contributed by atoms with Crippen LogP contribution in [0.4, 0.5) is 4.39 Å². The molecule has 96 valence electrons. The fraction of sp³-hybridized carbons (Fsp3) is 0.538. The lowest BCUT2D eigenvalue weighted by Gasteiger charge is -2.18. The van der Waals surface area contributed by atoms with Gasteiger partial charge in [-0.3, -0.25) is 0 Å². The third-order valence-electron chi connectivity index (χ3n) is 1.97. The normalized spacial score (nSPS) is 11.5. The maximum atomic E-state index is 12.8. The zero-order chi connectivity index (χ0) is 12.7. The van der Waals surface area contributed by atoms with Crippen LogP contribution >= 0.6 is 0 Å². The van der Waals surface area contributed by atoms with Gasteiger partial charge in [0, 0.05) is 24.6 Å². The molecule has 0 spiro atoms. The molecule has 0 aliphatic carbocycles. The third kappa shape index (κ3) is 6.92. The number of ether oxygens (including phenoxy) is 2. The van der Waals surface area contributed by atoms with Crippen LogP contribution in [0.5, 0.6) is 5.75 Å². The van der Waals surface area contributed by atoms with Crippen LogP contribution in [-0.2, 0) is 4.74 Å². The number of hydrogen-bond donors (Lipinski definition) is 1. The molecule has 1 aromatic rings. The van der Waals surface area contributed by atoms with Gasteiger partial charge in [-0.2, -0.15) is 0 Å². The molecule has 0 saturated carbocycles. The van der Waals surface area contributed by atoms with Gasteiger partial charge in [-0.25, -0.2) is 4.39 Å². The lowest BCUT2D eigenvalue weighted by molar-refractivity contribution is 0.0870. The largest absolute Gasteiger partial charge is 0.493 e. The summed E-state index contributed by atoms with van der Waals surface area (Å²) in [6, 6.07) is 6.11. The summed E-state index contributed by atoms with van der Waals surface area (Å²) in [6.07, 6.45) is 0.757. The van der Waals surface area contributed by atoms with Crippen LogP contribution in [0.1, 0.15) is 20.3 Å². The Balaban J connectivity index is 2.09. The molecule has 0 amide bonds. The van der Waals surface area contributed by atoms with E-state index in [4.69, 9.17) is 15.2 Å². The van der Waals surface area contributed by atoms with Crippen molar-refractivity contribution in [2.75, 3.05) is 19.8 Å². The van der Waals surface area contributed by atoms with E-state index in [9.17, 15) is 4.39 Å². The molecule has 0 bridgehead atoms. The van der Waals surface area contributed by atoms with Gasteiger partial charge >= 0.3 is 0 Å². The summed E-state index contributed by atoms with van der Waals surface area (Å²) < 4.78 is 23.6. The maximum Gasteiger partial charge on any atom is 0.126 e. The van der Waals surface area contributed by atoms with Gasteiger partial charge in [-0.1, -0.05) is 6.07 Å². The molecule has 0 radical (unpaired) electrons. The molecular weight excluding hydrogens is 221 g/mol. The summed E-state index contributed by atoms with van der Waals surface area (Å²) in [6.45, 7) is 5.45. The van der Waals surface area contributed by atoms with Crippen LogP contribution in [-0.4, -0.2) is 25.4 Å². The van der Waals surface area contributed by atoms with Crippen LogP contribution in [0, 0.1) is 5.82 Å². The first-order valence-corrected chi connectivity index (χ1v) is 5.72. The minimum atomic E-state index is -0.302. The van der Waals surface area contributed by atoms with Gasteiger partial charge in [-0.05, 0) is 26.0 Å². The summed E-state index contributed by atoms with van der Waals surface area (Å²) in [5.41, 5.74) is 5.46. The summed E-state index contributed by atoms with van der Waals surface area (Å²) in [4.78, 5) is 0. The molecule has 0 atom stereocenters. The molecule has 1 aromatic carbocycles. The van der Waals surface area contributed by atoms with E-state index >= 15 is 0 Å². The fourth-order valence-electron chi connectivity index (χ4n) is 1.24. The average Bonchev–Trinajstić information content (AvgIpc) is 2.22. The number of rotatable bonds is 7. The van der Waals surface area contributed by atoms with Crippen molar-refractivity contribution in [2.45, 2.75) is 25.8 Å². The van der Waals surface area contributed by atoms with E-state index in [1.54, 1.807) is 12.1 Å². The number of halogens is 1. The molecule has 0 fully saturated rings. The molecule has 0 aromatic heterocycles. The molecule has 4 heteroatoms. The van der Waals surface area contributed by atoms with Crippen molar-refractivity contribution in [3.8, 4) is 5.75 Å². The Morgan fingerprint density at radius 2 is 2.06 bits per heavy atom. The summed E-state index contributed by atoms with van der Waals surface area (Å²) in [5, 5.41) is 0. The zero-order valence-corrected chi connectivity index (χ0v) is 10.4. The second-order valence-corrected chi connectivity index (χ2v) is 4.70.